The van der Waals surface area contributed by atoms with Gasteiger partial charge in [0.1, 0.15) is 0 Å². The molecule has 2 heterocycles. The average Bonchev–Trinajstić information content (AvgIpc) is 3.01. The van der Waals surface area contributed by atoms with Crippen LogP contribution in [0.4, 0.5) is 10.8 Å². The van der Waals surface area contributed by atoms with Crippen molar-refractivity contribution in [2.24, 2.45) is 0 Å². The third-order valence-electron chi connectivity index (χ3n) is 3.45. The number of anilines is 2. The molecule has 0 N–H and O–H groups in total. The first kappa shape index (κ1) is 13.4. The fourth-order valence-corrected chi connectivity index (χ4v) is 3.25. The average molecular weight is 308 g/mol. The molecule has 104 valence electrons. The third-order valence-corrected chi connectivity index (χ3v) is 4.61. The summed E-state index contributed by atoms with van der Waals surface area (Å²) in [5.74, 6) is 0. The van der Waals surface area contributed by atoms with Gasteiger partial charge in [-0.3, -0.25) is 4.79 Å². The number of carbonyl (C=O) groups is 1. The molecule has 1 fully saturated rings. The van der Waals surface area contributed by atoms with E-state index in [-0.39, 0.29) is 0 Å². The number of aromatic nitrogens is 1. The van der Waals surface area contributed by atoms with E-state index in [1.165, 1.54) is 0 Å². The number of piperazine rings is 1. The van der Waals surface area contributed by atoms with Gasteiger partial charge >= 0.3 is 0 Å². The number of nitrogens with zero attached hydrogens (tertiary/aromatic N) is 3. The van der Waals surface area contributed by atoms with Gasteiger partial charge in [0, 0.05) is 49.0 Å². The lowest BCUT2D eigenvalue weighted by atomic mass is 10.2. The molecular formula is C14H14ClN3OS. The summed E-state index contributed by atoms with van der Waals surface area (Å²) in [7, 11) is 0. The van der Waals surface area contributed by atoms with Gasteiger partial charge in [-0.2, -0.15) is 0 Å². The lowest BCUT2D eigenvalue weighted by Gasteiger charge is -2.36. The second-order valence-electron chi connectivity index (χ2n) is 4.61. The van der Waals surface area contributed by atoms with E-state index in [9.17, 15) is 4.79 Å². The van der Waals surface area contributed by atoms with Crippen molar-refractivity contribution in [1.29, 1.82) is 0 Å². The summed E-state index contributed by atoms with van der Waals surface area (Å²) >= 11 is 7.75. The quantitative estimate of drug-likeness (QED) is 0.817. The summed E-state index contributed by atoms with van der Waals surface area (Å²) in [6.07, 6.45) is 2.62. The minimum Gasteiger partial charge on any atom is -0.368 e. The maximum atomic E-state index is 10.8. The predicted octanol–water partition coefficient (Wildman–Crippen LogP) is 2.94. The minimum atomic E-state index is 0.514. The van der Waals surface area contributed by atoms with Crippen LogP contribution in [-0.2, 0) is 0 Å². The van der Waals surface area contributed by atoms with Gasteiger partial charge in [-0.15, -0.1) is 11.3 Å². The molecule has 0 bridgehead atoms. The van der Waals surface area contributed by atoms with E-state index in [1.54, 1.807) is 17.4 Å². The summed E-state index contributed by atoms with van der Waals surface area (Å²) in [6, 6.07) is 5.59. The Morgan fingerprint density at radius 3 is 2.55 bits per heavy atom. The van der Waals surface area contributed by atoms with Gasteiger partial charge < -0.3 is 9.80 Å². The lowest BCUT2D eigenvalue weighted by Crippen LogP contribution is -2.46. The molecule has 20 heavy (non-hydrogen) atoms. The molecule has 0 amide bonds. The summed E-state index contributed by atoms with van der Waals surface area (Å²) in [4.78, 5) is 19.7. The topological polar surface area (TPSA) is 36.4 Å². The summed E-state index contributed by atoms with van der Waals surface area (Å²) in [5, 5.41) is 3.60. The van der Waals surface area contributed by atoms with Crippen LogP contribution in [0, 0.1) is 0 Å². The van der Waals surface area contributed by atoms with Gasteiger partial charge in [-0.25, -0.2) is 4.98 Å². The molecular weight excluding hydrogens is 294 g/mol. The normalized spacial score (nSPS) is 15.4. The first-order chi connectivity index (χ1) is 9.78. The molecule has 0 unspecified atom stereocenters. The monoisotopic (exact) mass is 307 g/mol. The van der Waals surface area contributed by atoms with Crippen LogP contribution in [0.1, 0.15) is 10.4 Å². The van der Waals surface area contributed by atoms with E-state index in [0.717, 1.165) is 43.3 Å². The second-order valence-corrected chi connectivity index (χ2v) is 5.89. The number of aldehydes is 1. The molecule has 3 rings (SSSR count). The Morgan fingerprint density at radius 1 is 1.20 bits per heavy atom. The van der Waals surface area contributed by atoms with Gasteiger partial charge in [-0.05, 0) is 18.2 Å². The number of benzene rings is 1. The van der Waals surface area contributed by atoms with Gasteiger partial charge in [-0.1, -0.05) is 11.6 Å². The van der Waals surface area contributed by atoms with Crippen molar-refractivity contribution in [2.75, 3.05) is 36.0 Å². The molecule has 1 aliphatic rings. The molecule has 0 aliphatic carbocycles. The number of carbonyl (C=O) groups excluding carboxylic acids is 1. The largest absolute Gasteiger partial charge is 0.368 e. The summed E-state index contributed by atoms with van der Waals surface area (Å²) in [6.45, 7) is 3.74. The summed E-state index contributed by atoms with van der Waals surface area (Å²) < 4.78 is 0. The zero-order valence-corrected chi connectivity index (χ0v) is 12.4. The summed E-state index contributed by atoms with van der Waals surface area (Å²) in [5.41, 5.74) is 1.61. The number of halogens is 1. The minimum absolute atomic E-state index is 0.514. The Morgan fingerprint density at radius 2 is 1.95 bits per heavy atom. The van der Waals surface area contributed by atoms with Crippen LogP contribution < -0.4 is 9.80 Å². The number of thiazole rings is 1. The van der Waals surface area contributed by atoms with Crippen LogP contribution in [0.25, 0.3) is 0 Å². The van der Waals surface area contributed by atoms with Crippen molar-refractivity contribution in [2.45, 2.75) is 0 Å². The van der Waals surface area contributed by atoms with Crippen LogP contribution in [0.2, 0.25) is 5.02 Å². The van der Waals surface area contributed by atoms with E-state index in [0.29, 0.717) is 10.6 Å². The molecule has 6 heteroatoms. The standard InChI is InChI=1S/C14H14ClN3OS/c15-13-9-12(2-1-11(13)10-19)17-4-6-18(7-5-17)14-16-3-8-20-14/h1-3,8-10H,4-7H2. The van der Waals surface area contributed by atoms with Crippen LogP contribution in [0.3, 0.4) is 0 Å². The van der Waals surface area contributed by atoms with E-state index in [1.807, 2.05) is 23.7 Å². The number of rotatable bonds is 3. The van der Waals surface area contributed by atoms with Crippen molar-refractivity contribution in [3.05, 3.63) is 40.4 Å². The predicted molar refractivity (Wildman–Crippen MR) is 83.4 cm³/mol. The van der Waals surface area contributed by atoms with Gasteiger partial charge in [0.25, 0.3) is 0 Å². The zero-order chi connectivity index (χ0) is 13.9. The SMILES string of the molecule is O=Cc1ccc(N2CCN(c3nccs3)CC2)cc1Cl. The Bertz CT molecular complexity index is 594. The fourth-order valence-electron chi connectivity index (χ4n) is 2.34. The first-order valence-electron chi connectivity index (χ1n) is 6.42. The van der Waals surface area contributed by atoms with E-state index in [4.69, 9.17) is 11.6 Å². The van der Waals surface area contributed by atoms with E-state index in [2.05, 4.69) is 14.8 Å². The Labute approximate surface area is 126 Å². The van der Waals surface area contributed by atoms with Crippen LogP contribution in [0.15, 0.2) is 29.8 Å². The van der Waals surface area contributed by atoms with E-state index < -0.39 is 0 Å². The molecule has 1 aliphatic heterocycles. The first-order valence-corrected chi connectivity index (χ1v) is 7.68. The molecule has 1 saturated heterocycles. The number of hydrogen-bond donors (Lipinski definition) is 0. The third kappa shape index (κ3) is 2.64. The molecule has 0 radical (unpaired) electrons. The maximum Gasteiger partial charge on any atom is 0.185 e. The van der Waals surface area contributed by atoms with Crippen LogP contribution in [-0.4, -0.2) is 37.4 Å². The Kier molecular flexibility index (Phi) is 3.89. The van der Waals surface area contributed by atoms with Gasteiger partial charge in [0.15, 0.2) is 11.4 Å². The highest BCUT2D eigenvalue weighted by molar-refractivity contribution is 7.13. The van der Waals surface area contributed by atoms with Crippen molar-refractivity contribution >= 4 is 40.0 Å². The fraction of sp³-hybridized carbons (Fsp3) is 0.286. The maximum absolute atomic E-state index is 10.8. The van der Waals surface area contributed by atoms with Crippen molar-refractivity contribution < 1.29 is 4.79 Å². The Hall–Kier alpha value is -1.59. The van der Waals surface area contributed by atoms with E-state index >= 15 is 0 Å². The second kappa shape index (κ2) is 5.81. The van der Waals surface area contributed by atoms with Gasteiger partial charge in [0.05, 0.1) is 5.02 Å². The van der Waals surface area contributed by atoms with Crippen LogP contribution in [0.5, 0.6) is 0 Å². The highest BCUT2D eigenvalue weighted by Crippen LogP contribution is 2.25. The molecule has 0 atom stereocenters. The van der Waals surface area contributed by atoms with Crippen molar-refractivity contribution in [3.63, 3.8) is 0 Å². The Balaban J connectivity index is 1.69. The smallest absolute Gasteiger partial charge is 0.185 e. The van der Waals surface area contributed by atoms with Crippen molar-refractivity contribution in [3.8, 4) is 0 Å². The van der Waals surface area contributed by atoms with Crippen LogP contribution >= 0.6 is 22.9 Å². The highest BCUT2D eigenvalue weighted by atomic mass is 35.5. The lowest BCUT2D eigenvalue weighted by molar-refractivity contribution is 0.112. The molecule has 1 aromatic heterocycles. The zero-order valence-electron chi connectivity index (χ0n) is 10.8. The van der Waals surface area contributed by atoms with Gasteiger partial charge in [0.2, 0.25) is 0 Å². The molecule has 0 spiro atoms. The number of hydrogen-bond acceptors (Lipinski definition) is 5. The highest BCUT2D eigenvalue weighted by Gasteiger charge is 2.19. The molecule has 2 aromatic rings. The van der Waals surface area contributed by atoms with Crippen molar-refractivity contribution in [1.82, 2.24) is 4.98 Å². The molecule has 1 aromatic carbocycles. The molecule has 4 nitrogen and oxygen atoms in total. The molecule has 0 saturated carbocycles.